The molecule has 0 heterocycles. The third-order valence-electron chi connectivity index (χ3n) is 3.22. The van der Waals surface area contributed by atoms with Crippen molar-refractivity contribution in [3.63, 3.8) is 0 Å². The monoisotopic (exact) mass is 279 g/mol. The van der Waals surface area contributed by atoms with Crippen molar-refractivity contribution < 1.29 is 14.7 Å². The quantitative estimate of drug-likeness (QED) is 0.777. The van der Waals surface area contributed by atoms with E-state index in [0.717, 1.165) is 18.4 Å². The molecule has 0 bridgehead atoms. The summed E-state index contributed by atoms with van der Waals surface area (Å²) >= 11 is 1.32. The Labute approximate surface area is 116 Å². The van der Waals surface area contributed by atoms with Crippen LogP contribution in [0.1, 0.15) is 23.5 Å². The fraction of sp³-hybridized carbons (Fsp3) is 0.429. The lowest BCUT2D eigenvalue weighted by Crippen LogP contribution is -2.30. The van der Waals surface area contributed by atoms with Gasteiger partial charge in [0.2, 0.25) is 5.91 Å². The number of amides is 1. The van der Waals surface area contributed by atoms with Crippen LogP contribution in [-0.2, 0) is 16.0 Å². The van der Waals surface area contributed by atoms with Crippen molar-refractivity contribution in [1.29, 1.82) is 0 Å². The number of hydrogen-bond acceptors (Lipinski definition) is 3. The molecule has 1 atom stereocenters. The molecule has 0 fully saturated rings. The zero-order valence-corrected chi connectivity index (χ0v) is 11.4. The molecule has 1 amide bonds. The van der Waals surface area contributed by atoms with Gasteiger partial charge >= 0.3 is 5.97 Å². The van der Waals surface area contributed by atoms with Crippen molar-refractivity contribution >= 4 is 23.6 Å². The van der Waals surface area contributed by atoms with Crippen LogP contribution >= 0.6 is 11.8 Å². The first-order valence-electron chi connectivity index (χ1n) is 6.33. The number of hydrogen-bond donors (Lipinski definition) is 2. The summed E-state index contributed by atoms with van der Waals surface area (Å²) in [6.45, 7) is 0.523. The topological polar surface area (TPSA) is 66.4 Å². The highest BCUT2D eigenvalue weighted by Crippen LogP contribution is 2.32. The van der Waals surface area contributed by atoms with Crippen molar-refractivity contribution in [3.8, 4) is 0 Å². The summed E-state index contributed by atoms with van der Waals surface area (Å²) in [4.78, 5) is 22.4. The van der Waals surface area contributed by atoms with Gasteiger partial charge in [-0.05, 0) is 24.0 Å². The number of thioether (sulfide) groups is 1. The summed E-state index contributed by atoms with van der Waals surface area (Å²) in [6.07, 6.45) is 1.83. The van der Waals surface area contributed by atoms with Crippen LogP contribution in [0.4, 0.5) is 0 Å². The van der Waals surface area contributed by atoms with E-state index in [-0.39, 0.29) is 17.6 Å². The number of carbonyl (C=O) groups excluding carboxylic acids is 1. The second-order valence-electron chi connectivity index (χ2n) is 4.53. The molecule has 2 rings (SSSR count). The summed E-state index contributed by atoms with van der Waals surface area (Å²) in [5.74, 6) is -0.0863. The van der Waals surface area contributed by atoms with Gasteiger partial charge in [0.15, 0.2) is 0 Å². The molecule has 5 heteroatoms. The molecule has 0 aromatic heterocycles. The lowest BCUT2D eigenvalue weighted by atomic mass is 10.0. The predicted octanol–water partition coefficient (Wildman–Crippen LogP) is 1.65. The number of aryl methyl sites for hydroxylation is 1. The molecule has 102 valence electrons. The summed E-state index contributed by atoms with van der Waals surface area (Å²) in [5, 5.41) is 11.4. The van der Waals surface area contributed by atoms with E-state index in [1.54, 1.807) is 0 Å². The minimum absolute atomic E-state index is 0.0410. The molecule has 2 N–H and O–H groups in total. The van der Waals surface area contributed by atoms with Crippen molar-refractivity contribution in [2.45, 2.75) is 18.8 Å². The van der Waals surface area contributed by atoms with Gasteiger partial charge in [0, 0.05) is 12.3 Å². The summed E-state index contributed by atoms with van der Waals surface area (Å²) in [5.41, 5.74) is 2.40. The molecule has 19 heavy (non-hydrogen) atoms. The van der Waals surface area contributed by atoms with Gasteiger partial charge in [0.25, 0.3) is 0 Å². The molecule has 4 nitrogen and oxygen atoms in total. The van der Waals surface area contributed by atoms with Crippen molar-refractivity contribution in [2.24, 2.45) is 0 Å². The first-order valence-corrected chi connectivity index (χ1v) is 7.49. The zero-order chi connectivity index (χ0) is 13.7. The third kappa shape index (κ3) is 3.73. The van der Waals surface area contributed by atoms with Gasteiger partial charge in [-0.1, -0.05) is 24.3 Å². The standard InChI is InChI=1S/C14H17NO3S/c16-13(17)9-19-8-7-15-14(18)12-6-5-10-3-1-2-4-11(10)12/h1-4,12H,5-9H2,(H,15,18)(H,16,17). The van der Waals surface area contributed by atoms with Gasteiger partial charge in [-0.3, -0.25) is 9.59 Å². The molecule has 0 aliphatic heterocycles. The molecule has 1 aliphatic carbocycles. The van der Waals surface area contributed by atoms with Crippen molar-refractivity contribution in [2.75, 3.05) is 18.1 Å². The van der Waals surface area contributed by atoms with E-state index >= 15 is 0 Å². The number of fused-ring (bicyclic) bond motifs is 1. The van der Waals surface area contributed by atoms with E-state index in [9.17, 15) is 9.59 Å². The van der Waals surface area contributed by atoms with Crippen LogP contribution in [0, 0.1) is 0 Å². The van der Waals surface area contributed by atoms with E-state index in [4.69, 9.17) is 5.11 Å². The number of rotatable bonds is 6. The smallest absolute Gasteiger partial charge is 0.313 e. The maximum Gasteiger partial charge on any atom is 0.313 e. The Morgan fingerprint density at radius 3 is 2.95 bits per heavy atom. The van der Waals surface area contributed by atoms with Crippen LogP contribution in [0.2, 0.25) is 0 Å². The number of carbonyl (C=O) groups is 2. The van der Waals surface area contributed by atoms with Crippen LogP contribution in [0.15, 0.2) is 24.3 Å². The number of carboxylic acids is 1. The number of aliphatic carboxylic acids is 1. The van der Waals surface area contributed by atoms with Gasteiger partial charge < -0.3 is 10.4 Å². The molecule has 1 aliphatic rings. The van der Waals surface area contributed by atoms with Crippen LogP contribution in [0.3, 0.4) is 0 Å². The molecule has 1 aromatic rings. The molecular weight excluding hydrogens is 262 g/mol. The Morgan fingerprint density at radius 2 is 2.16 bits per heavy atom. The first kappa shape index (κ1) is 13.9. The molecule has 1 unspecified atom stereocenters. The maximum absolute atomic E-state index is 12.1. The molecule has 0 spiro atoms. The highest BCUT2D eigenvalue weighted by molar-refractivity contribution is 7.99. The van der Waals surface area contributed by atoms with Crippen LogP contribution in [0.5, 0.6) is 0 Å². The molecule has 0 saturated carbocycles. The Bertz CT molecular complexity index is 476. The Morgan fingerprint density at radius 1 is 1.37 bits per heavy atom. The lowest BCUT2D eigenvalue weighted by molar-refractivity contribution is -0.133. The molecule has 0 radical (unpaired) electrons. The van der Waals surface area contributed by atoms with Crippen LogP contribution < -0.4 is 5.32 Å². The van der Waals surface area contributed by atoms with E-state index in [2.05, 4.69) is 11.4 Å². The average Bonchev–Trinajstić information content (AvgIpc) is 2.81. The van der Waals surface area contributed by atoms with Crippen LogP contribution in [0.25, 0.3) is 0 Å². The molecule has 1 aromatic carbocycles. The zero-order valence-electron chi connectivity index (χ0n) is 10.6. The molecular formula is C14H17NO3S. The van der Waals surface area contributed by atoms with E-state index in [1.807, 2.05) is 18.2 Å². The highest BCUT2D eigenvalue weighted by atomic mass is 32.2. The number of carboxylic acid groups (broad SMARTS) is 1. The van der Waals surface area contributed by atoms with E-state index < -0.39 is 5.97 Å². The summed E-state index contributed by atoms with van der Waals surface area (Å²) in [7, 11) is 0. The van der Waals surface area contributed by atoms with E-state index in [1.165, 1.54) is 17.3 Å². The maximum atomic E-state index is 12.1. The van der Waals surface area contributed by atoms with Crippen LogP contribution in [-0.4, -0.2) is 35.0 Å². The van der Waals surface area contributed by atoms with Crippen molar-refractivity contribution in [3.05, 3.63) is 35.4 Å². The Balaban J connectivity index is 1.77. The second kappa shape index (κ2) is 6.61. The van der Waals surface area contributed by atoms with E-state index in [0.29, 0.717) is 12.3 Å². The number of nitrogens with one attached hydrogen (secondary N) is 1. The predicted molar refractivity (Wildman–Crippen MR) is 75.5 cm³/mol. The SMILES string of the molecule is O=C(O)CSCCNC(=O)C1CCc2ccccc21. The summed E-state index contributed by atoms with van der Waals surface area (Å²) in [6, 6.07) is 8.06. The first-order chi connectivity index (χ1) is 9.18. The van der Waals surface area contributed by atoms with Gasteiger partial charge in [-0.2, -0.15) is 0 Å². The van der Waals surface area contributed by atoms with Gasteiger partial charge in [0.1, 0.15) is 0 Å². The lowest BCUT2D eigenvalue weighted by Gasteiger charge is -2.11. The largest absolute Gasteiger partial charge is 0.481 e. The number of benzene rings is 1. The normalized spacial score (nSPS) is 16.9. The summed E-state index contributed by atoms with van der Waals surface area (Å²) < 4.78 is 0. The van der Waals surface area contributed by atoms with Gasteiger partial charge in [-0.15, -0.1) is 11.8 Å². The fourth-order valence-electron chi connectivity index (χ4n) is 2.36. The van der Waals surface area contributed by atoms with Gasteiger partial charge in [0.05, 0.1) is 11.7 Å². The average molecular weight is 279 g/mol. The molecule has 0 saturated heterocycles. The minimum atomic E-state index is -0.818. The fourth-order valence-corrected chi connectivity index (χ4v) is 2.92. The Hall–Kier alpha value is -1.49. The minimum Gasteiger partial charge on any atom is -0.481 e. The second-order valence-corrected chi connectivity index (χ2v) is 5.63. The van der Waals surface area contributed by atoms with Crippen molar-refractivity contribution in [1.82, 2.24) is 5.32 Å². The van der Waals surface area contributed by atoms with Gasteiger partial charge in [-0.25, -0.2) is 0 Å². The highest BCUT2D eigenvalue weighted by Gasteiger charge is 2.27. The Kier molecular flexibility index (Phi) is 4.85. The third-order valence-corrected chi connectivity index (χ3v) is 4.16.